The quantitative estimate of drug-likeness (QED) is 0.455. The third-order valence-corrected chi connectivity index (χ3v) is 4.88. The van der Waals surface area contributed by atoms with Crippen molar-refractivity contribution in [2.75, 3.05) is 44.2 Å². The highest BCUT2D eigenvalue weighted by atomic mass is 15.1. The molecule has 0 aliphatic carbocycles. The summed E-state index contributed by atoms with van der Waals surface area (Å²) in [4.78, 5) is 5.03. The number of nitrogens with zero attached hydrogens (tertiary/aromatic N) is 2. The summed E-state index contributed by atoms with van der Waals surface area (Å²) in [6.07, 6.45) is 6.49. The van der Waals surface area contributed by atoms with Gasteiger partial charge in [-0.25, -0.2) is 0 Å². The molecule has 0 aromatic heterocycles. The van der Waals surface area contributed by atoms with Gasteiger partial charge in [-0.05, 0) is 77.0 Å². The van der Waals surface area contributed by atoms with Gasteiger partial charge in [0.15, 0.2) is 0 Å². The molecule has 3 nitrogen and oxygen atoms in total. The molecule has 144 valence electrons. The number of unbranched alkanes of at least 4 members (excludes halogenated alkanes) is 2. The van der Waals surface area contributed by atoms with E-state index >= 15 is 0 Å². The second-order valence-electron chi connectivity index (χ2n) is 6.92. The summed E-state index contributed by atoms with van der Waals surface area (Å²) >= 11 is 0. The van der Waals surface area contributed by atoms with Crippen LogP contribution in [0.2, 0.25) is 0 Å². The van der Waals surface area contributed by atoms with Gasteiger partial charge in [-0.3, -0.25) is 0 Å². The standard InChI is InChI=1S/C22H41N3/c1-5-9-17-24(18-10-6-2)19-11-16-23-20-21-12-14-22(15-13-21)25(7-3)8-4/h12-15,23H,5-11,16-20H2,1-4H3. The van der Waals surface area contributed by atoms with Gasteiger partial charge in [0.2, 0.25) is 0 Å². The highest BCUT2D eigenvalue weighted by Crippen LogP contribution is 2.14. The van der Waals surface area contributed by atoms with E-state index in [0.29, 0.717) is 0 Å². The van der Waals surface area contributed by atoms with Crippen molar-refractivity contribution < 1.29 is 0 Å². The Labute approximate surface area is 156 Å². The fraction of sp³-hybridized carbons (Fsp3) is 0.727. The molecule has 0 atom stereocenters. The first kappa shape index (κ1) is 22.0. The Bertz CT molecular complexity index is 404. The van der Waals surface area contributed by atoms with Gasteiger partial charge in [-0.2, -0.15) is 0 Å². The molecule has 0 unspecified atom stereocenters. The van der Waals surface area contributed by atoms with Crippen molar-refractivity contribution in [1.82, 2.24) is 10.2 Å². The zero-order chi connectivity index (χ0) is 18.3. The smallest absolute Gasteiger partial charge is 0.0366 e. The van der Waals surface area contributed by atoms with E-state index in [0.717, 1.165) is 26.2 Å². The summed E-state index contributed by atoms with van der Waals surface area (Å²) in [5.74, 6) is 0. The molecule has 0 aliphatic rings. The molecule has 0 bridgehead atoms. The summed E-state index contributed by atoms with van der Waals surface area (Å²) in [5.41, 5.74) is 2.71. The number of benzene rings is 1. The van der Waals surface area contributed by atoms with E-state index in [2.05, 4.69) is 67.1 Å². The molecule has 0 radical (unpaired) electrons. The third-order valence-electron chi connectivity index (χ3n) is 4.88. The zero-order valence-electron chi connectivity index (χ0n) is 17.2. The van der Waals surface area contributed by atoms with Gasteiger partial charge in [0.1, 0.15) is 0 Å². The molecule has 0 spiro atoms. The SMILES string of the molecule is CCCCN(CCCC)CCCNCc1ccc(N(CC)CC)cc1. The van der Waals surface area contributed by atoms with Crippen molar-refractivity contribution in [3.05, 3.63) is 29.8 Å². The zero-order valence-corrected chi connectivity index (χ0v) is 17.2. The predicted molar refractivity (Wildman–Crippen MR) is 113 cm³/mol. The molecule has 0 heterocycles. The molecule has 1 rings (SSSR count). The molecular formula is C22H41N3. The number of nitrogens with one attached hydrogen (secondary N) is 1. The van der Waals surface area contributed by atoms with Gasteiger partial charge in [0.25, 0.3) is 0 Å². The first-order valence-corrected chi connectivity index (χ1v) is 10.5. The van der Waals surface area contributed by atoms with Crippen LogP contribution in [-0.2, 0) is 6.54 Å². The molecule has 0 amide bonds. The molecular weight excluding hydrogens is 306 g/mol. The van der Waals surface area contributed by atoms with E-state index in [1.54, 1.807) is 0 Å². The van der Waals surface area contributed by atoms with Crippen LogP contribution in [0.5, 0.6) is 0 Å². The number of anilines is 1. The molecule has 25 heavy (non-hydrogen) atoms. The maximum atomic E-state index is 3.61. The van der Waals surface area contributed by atoms with E-state index in [1.165, 1.54) is 63.0 Å². The second kappa shape index (κ2) is 14.1. The summed E-state index contributed by atoms with van der Waals surface area (Å²) in [6.45, 7) is 17.0. The first-order chi connectivity index (χ1) is 12.2. The number of rotatable bonds is 15. The predicted octanol–water partition coefficient (Wildman–Crippen LogP) is 4.91. The van der Waals surface area contributed by atoms with Gasteiger partial charge >= 0.3 is 0 Å². The maximum absolute atomic E-state index is 3.61. The average molecular weight is 348 g/mol. The van der Waals surface area contributed by atoms with Gasteiger partial charge in [0, 0.05) is 25.3 Å². The molecule has 0 saturated heterocycles. The number of hydrogen-bond donors (Lipinski definition) is 1. The van der Waals surface area contributed by atoms with Crippen LogP contribution in [0.15, 0.2) is 24.3 Å². The van der Waals surface area contributed by atoms with Crippen molar-refractivity contribution in [2.24, 2.45) is 0 Å². The fourth-order valence-corrected chi connectivity index (χ4v) is 3.17. The van der Waals surface area contributed by atoms with Gasteiger partial charge in [0.05, 0.1) is 0 Å². The summed E-state index contributed by atoms with van der Waals surface area (Å²) in [5, 5.41) is 3.61. The molecule has 0 aliphatic heterocycles. The van der Waals surface area contributed by atoms with E-state index in [9.17, 15) is 0 Å². The molecule has 1 aromatic carbocycles. The Morgan fingerprint density at radius 3 is 1.84 bits per heavy atom. The van der Waals surface area contributed by atoms with Crippen LogP contribution in [0, 0.1) is 0 Å². The second-order valence-corrected chi connectivity index (χ2v) is 6.92. The van der Waals surface area contributed by atoms with Crippen molar-refractivity contribution in [2.45, 2.75) is 66.3 Å². The monoisotopic (exact) mass is 347 g/mol. The Balaban J connectivity index is 2.25. The van der Waals surface area contributed by atoms with Gasteiger partial charge in [-0.1, -0.05) is 38.8 Å². The molecule has 1 aromatic rings. The van der Waals surface area contributed by atoms with Crippen LogP contribution in [0.1, 0.15) is 65.4 Å². The van der Waals surface area contributed by atoms with Crippen LogP contribution in [0.4, 0.5) is 5.69 Å². The minimum atomic E-state index is 0.975. The molecule has 3 heteroatoms. The average Bonchev–Trinajstić information content (AvgIpc) is 2.65. The van der Waals surface area contributed by atoms with Crippen molar-refractivity contribution >= 4 is 5.69 Å². The first-order valence-electron chi connectivity index (χ1n) is 10.5. The van der Waals surface area contributed by atoms with Crippen LogP contribution in [-0.4, -0.2) is 44.2 Å². The number of hydrogen-bond acceptors (Lipinski definition) is 3. The minimum absolute atomic E-state index is 0.975. The highest BCUT2D eigenvalue weighted by molar-refractivity contribution is 5.47. The lowest BCUT2D eigenvalue weighted by molar-refractivity contribution is 0.261. The van der Waals surface area contributed by atoms with Gasteiger partial charge < -0.3 is 15.1 Å². The Morgan fingerprint density at radius 2 is 1.32 bits per heavy atom. The maximum Gasteiger partial charge on any atom is 0.0366 e. The summed E-state index contributed by atoms with van der Waals surface area (Å²) in [7, 11) is 0. The largest absolute Gasteiger partial charge is 0.372 e. The third kappa shape index (κ3) is 9.27. The van der Waals surface area contributed by atoms with Crippen molar-refractivity contribution in [3.63, 3.8) is 0 Å². The van der Waals surface area contributed by atoms with Crippen LogP contribution in [0.25, 0.3) is 0 Å². The van der Waals surface area contributed by atoms with Crippen LogP contribution < -0.4 is 10.2 Å². The Kier molecular flexibility index (Phi) is 12.4. The molecule has 1 N–H and O–H groups in total. The van der Waals surface area contributed by atoms with E-state index < -0.39 is 0 Å². The highest BCUT2D eigenvalue weighted by Gasteiger charge is 2.04. The topological polar surface area (TPSA) is 18.5 Å². The summed E-state index contributed by atoms with van der Waals surface area (Å²) in [6, 6.07) is 9.02. The molecule has 0 fully saturated rings. The minimum Gasteiger partial charge on any atom is -0.372 e. The Morgan fingerprint density at radius 1 is 0.760 bits per heavy atom. The Hall–Kier alpha value is -1.06. The van der Waals surface area contributed by atoms with E-state index in [-0.39, 0.29) is 0 Å². The fourth-order valence-electron chi connectivity index (χ4n) is 3.17. The van der Waals surface area contributed by atoms with Crippen molar-refractivity contribution in [1.29, 1.82) is 0 Å². The van der Waals surface area contributed by atoms with Gasteiger partial charge in [-0.15, -0.1) is 0 Å². The van der Waals surface area contributed by atoms with Crippen LogP contribution >= 0.6 is 0 Å². The lowest BCUT2D eigenvalue weighted by Crippen LogP contribution is -2.29. The summed E-state index contributed by atoms with van der Waals surface area (Å²) < 4.78 is 0. The lowest BCUT2D eigenvalue weighted by Gasteiger charge is -2.22. The van der Waals surface area contributed by atoms with Crippen LogP contribution in [0.3, 0.4) is 0 Å². The van der Waals surface area contributed by atoms with E-state index in [4.69, 9.17) is 0 Å². The molecule has 0 saturated carbocycles. The van der Waals surface area contributed by atoms with E-state index in [1.807, 2.05) is 0 Å². The lowest BCUT2D eigenvalue weighted by atomic mass is 10.2. The van der Waals surface area contributed by atoms with Crippen molar-refractivity contribution in [3.8, 4) is 0 Å². The normalized spacial score (nSPS) is 11.2.